The lowest BCUT2D eigenvalue weighted by atomic mass is 10.1. The summed E-state index contributed by atoms with van der Waals surface area (Å²) in [5, 5.41) is 0. The van der Waals surface area contributed by atoms with Crippen molar-refractivity contribution in [3.8, 4) is 11.3 Å². The summed E-state index contributed by atoms with van der Waals surface area (Å²) in [7, 11) is 0. The highest BCUT2D eigenvalue weighted by Crippen LogP contribution is 2.25. The fourth-order valence-electron chi connectivity index (χ4n) is 3.00. The van der Waals surface area contributed by atoms with Crippen LogP contribution >= 0.6 is 0 Å². The molecule has 0 amide bonds. The molecule has 1 aliphatic heterocycles. The summed E-state index contributed by atoms with van der Waals surface area (Å²) >= 11 is 0. The van der Waals surface area contributed by atoms with E-state index in [1.54, 1.807) is 0 Å². The van der Waals surface area contributed by atoms with Crippen molar-refractivity contribution in [3.63, 3.8) is 0 Å². The van der Waals surface area contributed by atoms with Gasteiger partial charge in [0.05, 0.1) is 24.6 Å². The molecule has 4 heteroatoms. The Balaban J connectivity index is 1.79. The molecule has 0 radical (unpaired) electrons. The van der Waals surface area contributed by atoms with E-state index in [0.29, 0.717) is 0 Å². The fourth-order valence-corrected chi connectivity index (χ4v) is 3.00. The van der Waals surface area contributed by atoms with Crippen molar-refractivity contribution >= 4 is 5.65 Å². The highest BCUT2D eigenvalue weighted by molar-refractivity contribution is 5.66. The number of rotatable bonds is 3. The third-order valence-corrected chi connectivity index (χ3v) is 4.15. The lowest BCUT2D eigenvalue weighted by Gasteiger charge is -2.26. The number of ether oxygens (including phenoxy) is 1. The van der Waals surface area contributed by atoms with Crippen LogP contribution in [0.3, 0.4) is 0 Å². The maximum atomic E-state index is 5.46. The SMILES string of the molecule is c1ccc(-c2nc3ccccn3c2CN2CCOCC2)cc1. The first-order chi connectivity index (χ1) is 10.9. The molecule has 0 unspecified atom stereocenters. The van der Waals surface area contributed by atoms with Crippen LogP contribution in [-0.4, -0.2) is 40.6 Å². The molecule has 0 N–H and O–H groups in total. The van der Waals surface area contributed by atoms with E-state index in [0.717, 1.165) is 44.2 Å². The van der Waals surface area contributed by atoms with E-state index in [9.17, 15) is 0 Å². The van der Waals surface area contributed by atoms with E-state index in [1.165, 1.54) is 11.3 Å². The van der Waals surface area contributed by atoms with Crippen molar-refractivity contribution in [2.45, 2.75) is 6.54 Å². The molecule has 0 atom stereocenters. The number of fused-ring (bicyclic) bond motifs is 1. The second kappa shape index (κ2) is 5.91. The molecule has 3 heterocycles. The molecule has 0 spiro atoms. The van der Waals surface area contributed by atoms with Crippen LogP contribution in [0.1, 0.15) is 5.69 Å². The van der Waals surface area contributed by atoms with Gasteiger partial charge in [0.2, 0.25) is 0 Å². The molecule has 2 aromatic heterocycles. The van der Waals surface area contributed by atoms with Crippen LogP contribution in [-0.2, 0) is 11.3 Å². The van der Waals surface area contributed by atoms with Crippen LogP contribution in [0, 0.1) is 0 Å². The standard InChI is InChI=1S/C18H19N3O/c1-2-6-15(7-3-1)18-16(14-20-10-12-22-13-11-20)21-9-5-4-8-17(21)19-18/h1-9H,10-14H2. The summed E-state index contributed by atoms with van der Waals surface area (Å²) in [6.07, 6.45) is 2.10. The lowest BCUT2D eigenvalue weighted by Crippen LogP contribution is -2.36. The second-order valence-electron chi connectivity index (χ2n) is 5.59. The molecule has 1 aromatic carbocycles. The molecular weight excluding hydrogens is 274 g/mol. The van der Waals surface area contributed by atoms with Gasteiger partial charge in [-0.1, -0.05) is 36.4 Å². The van der Waals surface area contributed by atoms with E-state index in [-0.39, 0.29) is 0 Å². The van der Waals surface area contributed by atoms with Crippen molar-refractivity contribution in [2.75, 3.05) is 26.3 Å². The van der Waals surface area contributed by atoms with Crippen LogP contribution in [0.2, 0.25) is 0 Å². The van der Waals surface area contributed by atoms with Crippen molar-refractivity contribution in [3.05, 3.63) is 60.4 Å². The Morgan fingerprint density at radius 1 is 0.955 bits per heavy atom. The molecule has 1 fully saturated rings. The molecule has 0 saturated carbocycles. The topological polar surface area (TPSA) is 29.8 Å². The number of hydrogen-bond acceptors (Lipinski definition) is 3. The lowest BCUT2D eigenvalue weighted by molar-refractivity contribution is 0.0336. The van der Waals surface area contributed by atoms with Gasteiger partial charge in [-0.05, 0) is 12.1 Å². The highest BCUT2D eigenvalue weighted by atomic mass is 16.5. The first-order valence-corrected chi connectivity index (χ1v) is 7.73. The molecule has 4 rings (SSSR count). The van der Waals surface area contributed by atoms with E-state index in [2.05, 4.69) is 51.9 Å². The number of benzene rings is 1. The summed E-state index contributed by atoms with van der Waals surface area (Å²) in [6, 6.07) is 16.6. The maximum absolute atomic E-state index is 5.46. The highest BCUT2D eigenvalue weighted by Gasteiger charge is 2.18. The smallest absolute Gasteiger partial charge is 0.137 e. The van der Waals surface area contributed by atoms with Crippen LogP contribution in [0.5, 0.6) is 0 Å². The number of aromatic nitrogens is 2. The molecule has 112 valence electrons. The zero-order valence-corrected chi connectivity index (χ0v) is 12.5. The number of hydrogen-bond donors (Lipinski definition) is 0. The zero-order chi connectivity index (χ0) is 14.8. The molecular formula is C18H19N3O. The van der Waals surface area contributed by atoms with Gasteiger partial charge in [0.15, 0.2) is 0 Å². The van der Waals surface area contributed by atoms with E-state index < -0.39 is 0 Å². The van der Waals surface area contributed by atoms with Crippen molar-refractivity contribution in [1.82, 2.24) is 14.3 Å². The van der Waals surface area contributed by atoms with E-state index in [1.807, 2.05) is 12.1 Å². The Morgan fingerprint density at radius 2 is 1.73 bits per heavy atom. The van der Waals surface area contributed by atoms with E-state index in [4.69, 9.17) is 9.72 Å². The molecule has 1 saturated heterocycles. The minimum atomic E-state index is 0.817. The summed E-state index contributed by atoms with van der Waals surface area (Å²) in [5.74, 6) is 0. The number of morpholine rings is 1. The fraction of sp³-hybridized carbons (Fsp3) is 0.278. The summed E-state index contributed by atoms with van der Waals surface area (Å²) in [4.78, 5) is 7.29. The molecule has 1 aliphatic rings. The van der Waals surface area contributed by atoms with Crippen LogP contribution in [0.15, 0.2) is 54.7 Å². The summed E-state index contributed by atoms with van der Waals surface area (Å²) < 4.78 is 7.66. The largest absolute Gasteiger partial charge is 0.379 e. The van der Waals surface area contributed by atoms with Gasteiger partial charge >= 0.3 is 0 Å². The number of pyridine rings is 1. The van der Waals surface area contributed by atoms with Gasteiger partial charge in [-0.25, -0.2) is 4.98 Å². The van der Waals surface area contributed by atoms with Crippen molar-refractivity contribution in [1.29, 1.82) is 0 Å². The molecule has 4 nitrogen and oxygen atoms in total. The maximum Gasteiger partial charge on any atom is 0.137 e. The van der Waals surface area contributed by atoms with Gasteiger partial charge in [0.25, 0.3) is 0 Å². The number of imidazole rings is 1. The van der Waals surface area contributed by atoms with Gasteiger partial charge < -0.3 is 9.14 Å². The predicted molar refractivity (Wildman–Crippen MR) is 86.7 cm³/mol. The first-order valence-electron chi connectivity index (χ1n) is 7.73. The Morgan fingerprint density at radius 3 is 2.55 bits per heavy atom. The van der Waals surface area contributed by atoms with Crippen LogP contribution < -0.4 is 0 Å². The first kappa shape index (κ1) is 13.5. The summed E-state index contributed by atoms with van der Waals surface area (Å²) in [5.41, 5.74) is 4.51. The van der Waals surface area contributed by atoms with Gasteiger partial charge in [0, 0.05) is 31.4 Å². The second-order valence-corrected chi connectivity index (χ2v) is 5.59. The van der Waals surface area contributed by atoms with Gasteiger partial charge in [-0.3, -0.25) is 4.90 Å². The zero-order valence-electron chi connectivity index (χ0n) is 12.5. The third-order valence-electron chi connectivity index (χ3n) is 4.15. The Labute approximate surface area is 130 Å². The molecule has 3 aromatic rings. The monoisotopic (exact) mass is 293 g/mol. The van der Waals surface area contributed by atoms with Gasteiger partial charge in [-0.15, -0.1) is 0 Å². The average molecular weight is 293 g/mol. The van der Waals surface area contributed by atoms with Crippen LogP contribution in [0.25, 0.3) is 16.9 Å². The van der Waals surface area contributed by atoms with Crippen molar-refractivity contribution in [2.24, 2.45) is 0 Å². The van der Waals surface area contributed by atoms with E-state index >= 15 is 0 Å². The quantitative estimate of drug-likeness (QED) is 0.744. The minimum Gasteiger partial charge on any atom is -0.379 e. The average Bonchev–Trinajstić information content (AvgIpc) is 2.95. The minimum absolute atomic E-state index is 0.817. The normalized spacial score (nSPS) is 16.2. The van der Waals surface area contributed by atoms with Crippen molar-refractivity contribution < 1.29 is 4.74 Å². The molecule has 0 aliphatic carbocycles. The number of nitrogens with zero attached hydrogens (tertiary/aromatic N) is 3. The predicted octanol–water partition coefficient (Wildman–Crippen LogP) is 2.83. The van der Waals surface area contributed by atoms with Gasteiger partial charge in [-0.2, -0.15) is 0 Å². The molecule has 0 bridgehead atoms. The third kappa shape index (κ3) is 2.51. The van der Waals surface area contributed by atoms with Gasteiger partial charge in [0.1, 0.15) is 5.65 Å². The molecule has 22 heavy (non-hydrogen) atoms. The Hall–Kier alpha value is -2.17. The summed E-state index contributed by atoms with van der Waals surface area (Å²) in [6.45, 7) is 4.50. The Bertz CT molecular complexity index is 760. The Kier molecular flexibility index (Phi) is 3.62. The van der Waals surface area contributed by atoms with Crippen LogP contribution in [0.4, 0.5) is 0 Å².